The van der Waals surface area contributed by atoms with Crippen LogP contribution in [0.1, 0.15) is 31.7 Å². The molecule has 6 heteroatoms. The lowest BCUT2D eigenvalue weighted by molar-refractivity contribution is 0.255. The molecule has 1 atom stereocenters. The van der Waals surface area contributed by atoms with E-state index in [1.807, 2.05) is 25.5 Å². The second-order valence-electron chi connectivity index (χ2n) is 7.44. The van der Waals surface area contributed by atoms with Crippen LogP contribution < -0.4 is 5.32 Å². The number of likely N-dealkylation sites (tertiary alicyclic amines) is 1. The maximum atomic E-state index is 4.54. The molecular weight excluding hydrogens is 348 g/mol. The smallest absolute Gasteiger partial charge is 0.194 e. The molecule has 0 aliphatic carbocycles. The van der Waals surface area contributed by atoms with Gasteiger partial charge in [-0.15, -0.1) is 0 Å². The zero-order chi connectivity index (χ0) is 19.8. The van der Waals surface area contributed by atoms with Crippen LogP contribution in [0.2, 0.25) is 0 Å². The quantitative estimate of drug-likeness (QED) is 0.563. The summed E-state index contributed by atoms with van der Waals surface area (Å²) in [6.07, 6.45) is 5.15. The van der Waals surface area contributed by atoms with Crippen LogP contribution in [-0.2, 0) is 13.1 Å². The Hall–Kier alpha value is -2.34. The summed E-state index contributed by atoms with van der Waals surface area (Å²) in [7, 11) is 1.87. The normalized spacial score (nSPS) is 17.5. The van der Waals surface area contributed by atoms with Crippen molar-refractivity contribution in [3.05, 3.63) is 54.1 Å². The van der Waals surface area contributed by atoms with Crippen molar-refractivity contribution in [2.24, 2.45) is 10.9 Å². The minimum atomic E-state index is 0.684. The van der Waals surface area contributed by atoms with Crippen molar-refractivity contribution in [1.29, 1.82) is 0 Å². The molecule has 1 aliphatic heterocycles. The molecule has 6 nitrogen and oxygen atoms in total. The molecule has 2 aromatic rings. The van der Waals surface area contributed by atoms with E-state index in [2.05, 4.69) is 67.8 Å². The van der Waals surface area contributed by atoms with Gasteiger partial charge in [-0.2, -0.15) is 0 Å². The van der Waals surface area contributed by atoms with Gasteiger partial charge in [0, 0.05) is 45.6 Å². The van der Waals surface area contributed by atoms with E-state index in [-0.39, 0.29) is 0 Å². The van der Waals surface area contributed by atoms with E-state index in [1.54, 1.807) is 0 Å². The summed E-state index contributed by atoms with van der Waals surface area (Å²) in [5.41, 5.74) is 1.28. The average Bonchev–Trinajstić information content (AvgIpc) is 3.37. The van der Waals surface area contributed by atoms with Gasteiger partial charge in [-0.1, -0.05) is 44.2 Å². The van der Waals surface area contributed by atoms with E-state index in [9.17, 15) is 0 Å². The first-order valence-electron chi connectivity index (χ1n) is 10.4. The largest absolute Gasteiger partial charge is 0.349 e. The molecule has 0 bridgehead atoms. The molecule has 0 spiro atoms. The van der Waals surface area contributed by atoms with Crippen LogP contribution in [0.15, 0.2) is 47.7 Å². The Morgan fingerprint density at radius 3 is 2.75 bits per heavy atom. The molecule has 1 aromatic carbocycles. The number of nitrogens with one attached hydrogen (secondary N) is 1. The first kappa shape index (κ1) is 20.4. The molecular formula is C22H34N6. The van der Waals surface area contributed by atoms with E-state index < -0.39 is 0 Å². The van der Waals surface area contributed by atoms with Crippen LogP contribution in [0.4, 0.5) is 0 Å². The van der Waals surface area contributed by atoms with E-state index in [1.165, 1.54) is 18.5 Å². The molecule has 152 valence electrons. The highest BCUT2D eigenvalue weighted by Crippen LogP contribution is 2.17. The van der Waals surface area contributed by atoms with Crippen molar-refractivity contribution in [2.75, 3.05) is 39.8 Å². The number of imidazole rings is 1. The monoisotopic (exact) mass is 382 g/mol. The standard InChI is InChI=1S/C22H34N6/c1-4-26(5-2)16-20-11-13-28(18-20)22(23-3)25-15-21-24-12-14-27(21)17-19-9-7-6-8-10-19/h6-10,12,14,20H,4-5,11,13,15-18H2,1-3H3,(H,23,25). The lowest BCUT2D eigenvalue weighted by Crippen LogP contribution is -2.41. The summed E-state index contributed by atoms with van der Waals surface area (Å²) in [6, 6.07) is 10.5. The van der Waals surface area contributed by atoms with E-state index in [0.717, 1.165) is 50.4 Å². The lowest BCUT2D eigenvalue weighted by Gasteiger charge is -2.24. The summed E-state index contributed by atoms with van der Waals surface area (Å²) in [6.45, 7) is 11.6. The fraction of sp³-hybridized carbons (Fsp3) is 0.545. The van der Waals surface area contributed by atoms with Crippen LogP contribution in [0, 0.1) is 5.92 Å². The molecule has 1 N–H and O–H groups in total. The van der Waals surface area contributed by atoms with Crippen molar-refractivity contribution in [3.63, 3.8) is 0 Å². The first-order chi connectivity index (χ1) is 13.7. The van der Waals surface area contributed by atoms with Gasteiger partial charge < -0.3 is 19.7 Å². The molecule has 1 fully saturated rings. The van der Waals surface area contributed by atoms with Gasteiger partial charge in [0.15, 0.2) is 5.96 Å². The number of aromatic nitrogens is 2. The lowest BCUT2D eigenvalue weighted by atomic mass is 10.1. The molecule has 1 saturated heterocycles. The third-order valence-electron chi connectivity index (χ3n) is 5.61. The minimum Gasteiger partial charge on any atom is -0.349 e. The van der Waals surface area contributed by atoms with Crippen LogP contribution >= 0.6 is 0 Å². The maximum absolute atomic E-state index is 4.54. The summed E-state index contributed by atoms with van der Waals surface area (Å²) in [5.74, 6) is 2.73. The molecule has 28 heavy (non-hydrogen) atoms. The van der Waals surface area contributed by atoms with Crippen LogP contribution in [0.3, 0.4) is 0 Å². The Kier molecular flexibility index (Phi) is 7.48. The summed E-state index contributed by atoms with van der Waals surface area (Å²) in [4.78, 5) is 14.0. The van der Waals surface area contributed by atoms with Gasteiger partial charge in [0.2, 0.25) is 0 Å². The number of rotatable bonds is 8. The van der Waals surface area contributed by atoms with Crippen molar-refractivity contribution in [3.8, 4) is 0 Å². The molecule has 2 heterocycles. The Bertz CT molecular complexity index is 734. The summed E-state index contributed by atoms with van der Waals surface area (Å²) < 4.78 is 2.20. The Labute approximate surface area is 169 Å². The highest BCUT2D eigenvalue weighted by Gasteiger charge is 2.26. The van der Waals surface area contributed by atoms with E-state index in [0.29, 0.717) is 6.54 Å². The van der Waals surface area contributed by atoms with Gasteiger partial charge in [0.05, 0.1) is 6.54 Å². The van der Waals surface area contributed by atoms with Gasteiger partial charge in [-0.3, -0.25) is 4.99 Å². The zero-order valence-corrected chi connectivity index (χ0v) is 17.5. The van der Waals surface area contributed by atoms with E-state index >= 15 is 0 Å². The molecule has 0 saturated carbocycles. The van der Waals surface area contributed by atoms with Gasteiger partial charge in [0.25, 0.3) is 0 Å². The van der Waals surface area contributed by atoms with Gasteiger partial charge in [-0.05, 0) is 31.0 Å². The molecule has 1 aliphatic rings. The average molecular weight is 383 g/mol. The molecule has 3 rings (SSSR count). The number of benzene rings is 1. The molecule has 0 amide bonds. The predicted molar refractivity (Wildman–Crippen MR) is 115 cm³/mol. The van der Waals surface area contributed by atoms with Gasteiger partial charge >= 0.3 is 0 Å². The minimum absolute atomic E-state index is 0.684. The predicted octanol–water partition coefficient (Wildman–Crippen LogP) is 2.67. The highest BCUT2D eigenvalue weighted by molar-refractivity contribution is 5.80. The molecule has 0 radical (unpaired) electrons. The van der Waals surface area contributed by atoms with Gasteiger partial charge in [0.1, 0.15) is 5.82 Å². The summed E-state index contributed by atoms with van der Waals surface area (Å²) in [5, 5.41) is 3.52. The van der Waals surface area contributed by atoms with Crippen molar-refractivity contribution < 1.29 is 0 Å². The first-order valence-corrected chi connectivity index (χ1v) is 10.4. The van der Waals surface area contributed by atoms with Crippen molar-refractivity contribution in [2.45, 2.75) is 33.4 Å². The van der Waals surface area contributed by atoms with Crippen LogP contribution in [0.5, 0.6) is 0 Å². The topological polar surface area (TPSA) is 48.7 Å². The third-order valence-corrected chi connectivity index (χ3v) is 5.61. The second kappa shape index (κ2) is 10.3. The third kappa shape index (κ3) is 5.35. The van der Waals surface area contributed by atoms with Crippen LogP contribution in [0.25, 0.3) is 0 Å². The number of nitrogens with zero attached hydrogens (tertiary/aromatic N) is 5. The number of hydrogen-bond donors (Lipinski definition) is 1. The highest BCUT2D eigenvalue weighted by atomic mass is 15.3. The Morgan fingerprint density at radius 1 is 1.25 bits per heavy atom. The molecule has 1 unspecified atom stereocenters. The fourth-order valence-electron chi connectivity index (χ4n) is 3.94. The SMILES string of the molecule is CCN(CC)CC1CCN(C(=NC)NCc2nccn2Cc2ccccc2)C1. The van der Waals surface area contributed by atoms with Crippen molar-refractivity contribution >= 4 is 5.96 Å². The number of guanidine groups is 1. The second-order valence-corrected chi connectivity index (χ2v) is 7.44. The number of aliphatic imine (C=N–C) groups is 1. The molecule has 1 aromatic heterocycles. The zero-order valence-electron chi connectivity index (χ0n) is 17.5. The Balaban J connectivity index is 1.53. The van der Waals surface area contributed by atoms with Crippen LogP contribution in [-0.4, -0.2) is 65.1 Å². The van der Waals surface area contributed by atoms with E-state index in [4.69, 9.17) is 0 Å². The Morgan fingerprint density at radius 2 is 2.04 bits per heavy atom. The van der Waals surface area contributed by atoms with Gasteiger partial charge in [-0.25, -0.2) is 4.98 Å². The number of hydrogen-bond acceptors (Lipinski definition) is 3. The maximum Gasteiger partial charge on any atom is 0.194 e. The fourth-order valence-corrected chi connectivity index (χ4v) is 3.94. The summed E-state index contributed by atoms with van der Waals surface area (Å²) >= 11 is 0. The van der Waals surface area contributed by atoms with Crippen molar-refractivity contribution in [1.82, 2.24) is 24.7 Å².